The minimum Gasteiger partial charge on any atom is -0.337 e. The highest BCUT2D eigenvalue weighted by atomic mass is 19.1. The van der Waals surface area contributed by atoms with Crippen LogP contribution in [0.25, 0.3) is 0 Å². The second-order valence-corrected chi connectivity index (χ2v) is 5.17. The standard InChI is InChI=1S/C18H14FN3O2/c1-22-15(17(23)13-6-2-3-7-14(13)19)8-9-16(22)18(24)21-12-5-4-10-20-11-12/h2-11H,1H3,(H,21,24). The number of benzene rings is 1. The summed E-state index contributed by atoms with van der Waals surface area (Å²) in [6, 6.07) is 12.2. The third kappa shape index (κ3) is 2.94. The van der Waals surface area contributed by atoms with Crippen molar-refractivity contribution in [1.29, 1.82) is 0 Å². The molecule has 0 aliphatic rings. The largest absolute Gasteiger partial charge is 0.337 e. The Morgan fingerprint density at radius 1 is 1.04 bits per heavy atom. The molecule has 0 spiro atoms. The van der Waals surface area contributed by atoms with Crippen molar-refractivity contribution in [3.05, 3.63) is 83.7 Å². The summed E-state index contributed by atoms with van der Waals surface area (Å²) in [5, 5.41) is 2.69. The van der Waals surface area contributed by atoms with Crippen molar-refractivity contribution < 1.29 is 14.0 Å². The number of aromatic nitrogens is 2. The van der Waals surface area contributed by atoms with Gasteiger partial charge in [0.05, 0.1) is 23.1 Å². The summed E-state index contributed by atoms with van der Waals surface area (Å²) >= 11 is 0. The molecule has 2 aromatic heterocycles. The molecular formula is C18H14FN3O2. The van der Waals surface area contributed by atoms with Gasteiger partial charge in [0.1, 0.15) is 11.5 Å². The Hall–Kier alpha value is -3.28. The molecule has 0 saturated heterocycles. The van der Waals surface area contributed by atoms with Crippen LogP contribution in [-0.2, 0) is 7.05 Å². The summed E-state index contributed by atoms with van der Waals surface area (Å²) < 4.78 is 15.2. The third-order valence-electron chi connectivity index (χ3n) is 3.62. The van der Waals surface area contributed by atoms with Crippen LogP contribution in [-0.4, -0.2) is 21.2 Å². The van der Waals surface area contributed by atoms with Crippen LogP contribution in [0.3, 0.4) is 0 Å². The number of pyridine rings is 1. The van der Waals surface area contributed by atoms with Crippen LogP contribution >= 0.6 is 0 Å². The number of amides is 1. The molecule has 1 aromatic carbocycles. The minimum absolute atomic E-state index is 0.0297. The van der Waals surface area contributed by atoms with Gasteiger partial charge in [-0.05, 0) is 36.4 Å². The van der Waals surface area contributed by atoms with E-state index in [0.29, 0.717) is 11.4 Å². The van der Waals surface area contributed by atoms with Crippen LogP contribution in [0.5, 0.6) is 0 Å². The first-order valence-corrected chi connectivity index (χ1v) is 7.24. The minimum atomic E-state index is -0.593. The van der Waals surface area contributed by atoms with E-state index in [1.54, 1.807) is 31.4 Å². The van der Waals surface area contributed by atoms with Gasteiger partial charge < -0.3 is 9.88 Å². The van der Waals surface area contributed by atoms with Crippen molar-refractivity contribution in [1.82, 2.24) is 9.55 Å². The summed E-state index contributed by atoms with van der Waals surface area (Å²) in [5.74, 6) is -1.45. The van der Waals surface area contributed by atoms with Crippen molar-refractivity contribution in [2.75, 3.05) is 5.32 Å². The summed E-state index contributed by atoms with van der Waals surface area (Å²) in [5.41, 5.74) is 1.04. The topological polar surface area (TPSA) is 64.0 Å². The first-order valence-electron chi connectivity index (χ1n) is 7.24. The van der Waals surface area contributed by atoms with Crippen molar-refractivity contribution >= 4 is 17.4 Å². The smallest absolute Gasteiger partial charge is 0.272 e. The first-order chi connectivity index (χ1) is 11.6. The van der Waals surface area contributed by atoms with Crippen LogP contribution in [0.4, 0.5) is 10.1 Å². The molecule has 1 amide bonds. The van der Waals surface area contributed by atoms with Gasteiger partial charge in [-0.1, -0.05) is 12.1 Å². The maximum absolute atomic E-state index is 13.8. The number of nitrogens with one attached hydrogen (secondary N) is 1. The van der Waals surface area contributed by atoms with Crippen LogP contribution in [0.1, 0.15) is 26.5 Å². The molecule has 1 N–H and O–H groups in total. The molecular weight excluding hydrogens is 309 g/mol. The number of hydrogen-bond donors (Lipinski definition) is 1. The van der Waals surface area contributed by atoms with Gasteiger partial charge in [0, 0.05) is 13.2 Å². The highest BCUT2D eigenvalue weighted by molar-refractivity contribution is 6.10. The summed E-state index contributed by atoms with van der Waals surface area (Å²) in [7, 11) is 1.59. The molecule has 0 unspecified atom stereocenters. The van der Waals surface area contributed by atoms with Gasteiger partial charge in [-0.2, -0.15) is 0 Å². The Morgan fingerprint density at radius 3 is 2.50 bits per heavy atom. The molecule has 0 bridgehead atoms. The summed E-state index contributed by atoms with van der Waals surface area (Å²) in [4.78, 5) is 28.7. The van der Waals surface area contributed by atoms with Gasteiger partial charge in [-0.3, -0.25) is 14.6 Å². The quantitative estimate of drug-likeness (QED) is 0.751. The lowest BCUT2D eigenvalue weighted by Gasteiger charge is -2.08. The zero-order chi connectivity index (χ0) is 17.1. The van der Waals surface area contributed by atoms with Crippen molar-refractivity contribution in [2.45, 2.75) is 0 Å². The average molecular weight is 323 g/mol. The van der Waals surface area contributed by atoms with Crippen molar-refractivity contribution in [3.63, 3.8) is 0 Å². The number of carbonyl (C=O) groups is 2. The van der Waals surface area contributed by atoms with E-state index in [9.17, 15) is 14.0 Å². The fourth-order valence-corrected chi connectivity index (χ4v) is 2.38. The Balaban J connectivity index is 1.87. The van der Waals surface area contributed by atoms with E-state index >= 15 is 0 Å². The Morgan fingerprint density at radius 2 is 1.79 bits per heavy atom. The molecule has 2 heterocycles. The van der Waals surface area contributed by atoms with E-state index in [2.05, 4.69) is 10.3 Å². The number of hydrogen-bond acceptors (Lipinski definition) is 3. The highest BCUT2D eigenvalue weighted by Gasteiger charge is 2.20. The number of carbonyl (C=O) groups excluding carboxylic acids is 2. The molecule has 0 aliphatic carbocycles. The lowest BCUT2D eigenvalue weighted by atomic mass is 10.1. The van der Waals surface area contributed by atoms with E-state index in [4.69, 9.17) is 0 Å². The number of halogens is 1. The molecule has 0 fully saturated rings. The van der Waals surface area contributed by atoms with E-state index in [1.807, 2.05) is 0 Å². The Kier molecular flexibility index (Phi) is 4.20. The van der Waals surface area contributed by atoms with Crippen LogP contribution in [0.2, 0.25) is 0 Å². The molecule has 5 nitrogen and oxygen atoms in total. The normalized spacial score (nSPS) is 10.4. The predicted molar refractivity (Wildman–Crippen MR) is 87.4 cm³/mol. The molecule has 0 atom stereocenters. The van der Waals surface area contributed by atoms with Gasteiger partial charge in [-0.15, -0.1) is 0 Å². The van der Waals surface area contributed by atoms with Gasteiger partial charge in [-0.25, -0.2) is 4.39 Å². The molecule has 0 aliphatic heterocycles. The lowest BCUT2D eigenvalue weighted by Crippen LogP contribution is -2.18. The summed E-state index contributed by atoms with van der Waals surface area (Å²) in [6.45, 7) is 0. The maximum atomic E-state index is 13.8. The van der Waals surface area contributed by atoms with Gasteiger partial charge in [0.25, 0.3) is 5.91 Å². The number of rotatable bonds is 4. The van der Waals surface area contributed by atoms with Gasteiger partial charge >= 0.3 is 0 Å². The molecule has 120 valence electrons. The zero-order valence-corrected chi connectivity index (χ0v) is 12.9. The average Bonchev–Trinajstić information content (AvgIpc) is 2.97. The fraction of sp³-hybridized carbons (Fsp3) is 0.0556. The first kappa shape index (κ1) is 15.6. The molecule has 6 heteroatoms. The van der Waals surface area contributed by atoms with Crippen LogP contribution < -0.4 is 5.32 Å². The lowest BCUT2D eigenvalue weighted by molar-refractivity contribution is 0.101. The predicted octanol–water partition coefficient (Wildman–Crippen LogP) is 3.04. The molecule has 3 aromatic rings. The molecule has 3 rings (SSSR count). The van der Waals surface area contributed by atoms with Crippen molar-refractivity contribution in [3.8, 4) is 0 Å². The summed E-state index contributed by atoms with van der Waals surface area (Å²) in [6.07, 6.45) is 3.12. The van der Waals surface area contributed by atoms with E-state index < -0.39 is 11.6 Å². The van der Waals surface area contributed by atoms with Gasteiger partial charge in [0.2, 0.25) is 5.78 Å². The van der Waals surface area contributed by atoms with Gasteiger partial charge in [0.15, 0.2) is 0 Å². The highest BCUT2D eigenvalue weighted by Crippen LogP contribution is 2.16. The van der Waals surface area contributed by atoms with E-state index in [1.165, 1.54) is 41.1 Å². The third-order valence-corrected chi connectivity index (χ3v) is 3.62. The number of ketones is 1. The SMILES string of the molecule is Cn1c(C(=O)Nc2cccnc2)ccc1C(=O)c1ccccc1F. The second kappa shape index (κ2) is 6.45. The van der Waals surface area contributed by atoms with E-state index in [0.717, 1.165) is 0 Å². The van der Waals surface area contributed by atoms with Crippen LogP contribution in [0, 0.1) is 5.82 Å². The fourth-order valence-electron chi connectivity index (χ4n) is 2.38. The number of nitrogens with zero attached hydrogens (tertiary/aromatic N) is 2. The molecule has 0 radical (unpaired) electrons. The van der Waals surface area contributed by atoms with Crippen molar-refractivity contribution in [2.24, 2.45) is 7.05 Å². The Bertz CT molecular complexity index is 904. The Labute approximate surface area is 137 Å². The number of anilines is 1. The molecule has 24 heavy (non-hydrogen) atoms. The monoisotopic (exact) mass is 323 g/mol. The van der Waals surface area contributed by atoms with Crippen LogP contribution in [0.15, 0.2) is 60.9 Å². The van der Waals surface area contributed by atoms with E-state index in [-0.39, 0.29) is 17.2 Å². The maximum Gasteiger partial charge on any atom is 0.272 e. The zero-order valence-electron chi connectivity index (χ0n) is 12.9. The second-order valence-electron chi connectivity index (χ2n) is 5.17. The molecule has 0 saturated carbocycles.